The van der Waals surface area contributed by atoms with Gasteiger partial charge in [0.05, 0.1) is 54.4 Å². The Morgan fingerprint density at radius 2 is 1.91 bits per heavy atom. The van der Waals surface area contributed by atoms with Crippen LogP contribution in [-0.2, 0) is 10.7 Å². The number of halogens is 2. The van der Waals surface area contributed by atoms with Crippen molar-refractivity contribution in [1.82, 2.24) is 15.2 Å². The third-order valence-corrected chi connectivity index (χ3v) is 6.89. The molecule has 3 aromatic rings. The van der Waals surface area contributed by atoms with E-state index in [0.717, 1.165) is 55.8 Å². The number of anilines is 2. The number of benzene rings is 1. The largest absolute Gasteiger partial charge is 0.384 e. The Morgan fingerprint density at radius 3 is 2.59 bits per heavy atom. The number of nitrogens with zero attached hydrogens (tertiary/aromatic N) is 4. The van der Waals surface area contributed by atoms with Crippen LogP contribution in [0.25, 0.3) is 10.9 Å². The highest BCUT2D eigenvalue weighted by molar-refractivity contribution is 5.92. The van der Waals surface area contributed by atoms with Crippen molar-refractivity contribution in [3.8, 4) is 0 Å². The summed E-state index contributed by atoms with van der Waals surface area (Å²) >= 11 is 0. The van der Waals surface area contributed by atoms with Crippen molar-refractivity contribution in [3.05, 3.63) is 53.3 Å². The molecule has 0 amide bonds. The molecule has 9 heteroatoms. The van der Waals surface area contributed by atoms with Gasteiger partial charge in [-0.3, -0.25) is 4.98 Å². The highest BCUT2D eigenvalue weighted by Crippen LogP contribution is 2.40. The molecule has 2 saturated heterocycles. The molecular weight excluding hydrogens is 440 g/mol. The summed E-state index contributed by atoms with van der Waals surface area (Å²) in [5, 5.41) is 22.7. The number of fused-ring (bicyclic) bond motifs is 3. The topological polar surface area (TPSA) is 83.4 Å². The van der Waals surface area contributed by atoms with Gasteiger partial charge in [-0.05, 0) is 51.8 Å². The van der Waals surface area contributed by atoms with Crippen molar-refractivity contribution < 1.29 is 18.6 Å². The van der Waals surface area contributed by atoms with Gasteiger partial charge < -0.3 is 20.1 Å². The van der Waals surface area contributed by atoms with Crippen LogP contribution in [0.5, 0.6) is 0 Å². The molecular formula is C25H29F2N5O2. The van der Waals surface area contributed by atoms with E-state index in [0.29, 0.717) is 23.5 Å². The van der Waals surface area contributed by atoms with E-state index in [-0.39, 0.29) is 11.6 Å². The highest BCUT2D eigenvalue weighted by Gasteiger charge is 2.47. The van der Waals surface area contributed by atoms with Crippen molar-refractivity contribution >= 4 is 22.4 Å². The van der Waals surface area contributed by atoms with E-state index in [1.165, 1.54) is 12.1 Å². The second-order valence-electron chi connectivity index (χ2n) is 9.84. The molecule has 0 aliphatic carbocycles. The number of morpholine rings is 1. The lowest BCUT2D eigenvalue weighted by atomic mass is 9.90. The quantitative estimate of drug-likeness (QED) is 0.555. The number of hydrogen-bond acceptors (Lipinski definition) is 7. The SMILES string of the molecule is Cc1nnc(N[C@H](C)c2cccc(C(F)(F)C(C)(C)O)c2)c2cc(N3C4COCC3C4)cnc12. The fraction of sp³-hybridized carbons (Fsp3) is 0.480. The van der Waals surface area contributed by atoms with Gasteiger partial charge in [-0.1, -0.05) is 18.2 Å². The number of pyridine rings is 1. The number of alkyl halides is 2. The van der Waals surface area contributed by atoms with E-state index >= 15 is 0 Å². The van der Waals surface area contributed by atoms with E-state index in [9.17, 15) is 13.9 Å². The minimum absolute atomic E-state index is 0.235. The van der Waals surface area contributed by atoms with Gasteiger partial charge in [0.15, 0.2) is 5.82 Å². The second-order valence-corrected chi connectivity index (χ2v) is 9.84. The molecule has 2 aliphatic heterocycles. The third-order valence-electron chi connectivity index (χ3n) is 6.89. The normalized spacial score (nSPS) is 21.3. The molecule has 34 heavy (non-hydrogen) atoms. The average molecular weight is 470 g/mol. The Morgan fingerprint density at radius 1 is 1.18 bits per heavy atom. The van der Waals surface area contributed by atoms with Gasteiger partial charge in [-0.15, -0.1) is 5.10 Å². The van der Waals surface area contributed by atoms with Gasteiger partial charge in [-0.2, -0.15) is 13.9 Å². The molecule has 2 aliphatic rings. The maximum Gasteiger partial charge on any atom is 0.300 e. The molecule has 2 aromatic heterocycles. The molecule has 3 atom stereocenters. The minimum atomic E-state index is -3.39. The molecule has 0 spiro atoms. The van der Waals surface area contributed by atoms with Crippen LogP contribution in [0.2, 0.25) is 0 Å². The van der Waals surface area contributed by atoms with E-state index < -0.39 is 11.5 Å². The lowest BCUT2D eigenvalue weighted by Crippen LogP contribution is -2.64. The van der Waals surface area contributed by atoms with Crippen LogP contribution in [0.1, 0.15) is 50.1 Å². The Hall–Kier alpha value is -2.91. The summed E-state index contributed by atoms with van der Waals surface area (Å²) in [7, 11) is 0. The maximum atomic E-state index is 14.7. The van der Waals surface area contributed by atoms with Crippen LogP contribution < -0.4 is 10.2 Å². The van der Waals surface area contributed by atoms with Crippen LogP contribution in [0.15, 0.2) is 36.5 Å². The molecule has 2 N–H and O–H groups in total. The van der Waals surface area contributed by atoms with Gasteiger partial charge in [-0.25, -0.2) is 0 Å². The lowest BCUT2D eigenvalue weighted by Gasteiger charge is -2.53. The van der Waals surface area contributed by atoms with E-state index in [1.54, 1.807) is 12.1 Å². The fourth-order valence-corrected chi connectivity index (χ4v) is 4.80. The zero-order valence-electron chi connectivity index (χ0n) is 19.7. The summed E-state index contributed by atoms with van der Waals surface area (Å²) in [5.74, 6) is -2.85. The summed E-state index contributed by atoms with van der Waals surface area (Å²) in [6.07, 6.45) is 3.00. The molecule has 1 aromatic carbocycles. The van der Waals surface area contributed by atoms with Gasteiger partial charge in [0.2, 0.25) is 0 Å². The van der Waals surface area contributed by atoms with Gasteiger partial charge in [0.25, 0.3) is 0 Å². The minimum Gasteiger partial charge on any atom is -0.384 e. The van der Waals surface area contributed by atoms with Crippen LogP contribution in [0, 0.1) is 6.92 Å². The first-order chi connectivity index (χ1) is 16.1. The Bertz CT molecular complexity index is 1220. The summed E-state index contributed by atoms with van der Waals surface area (Å²) in [5.41, 5.74) is 0.726. The highest BCUT2D eigenvalue weighted by atomic mass is 19.3. The molecule has 2 fully saturated rings. The van der Waals surface area contributed by atoms with Gasteiger partial charge in [0.1, 0.15) is 5.60 Å². The molecule has 5 rings (SSSR count). The standard InChI is InChI=1S/C25H29F2N5O2/c1-14(16-6-5-7-17(8-16)25(26,27)24(3,4)33)29-23-21-10-18(11-28-22(21)15(2)30-31-23)32-19-9-20(32)13-34-12-19/h5-8,10-11,14,19-20,33H,9,12-13H2,1-4H3,(H,29,31)/t14-,19?,20?/m1/s1. The first kappa shape index (κ1) is 22.9. The van der Waals surface area contributed by atoms with Crippen LogP contribution >= 0.6 is 0 Å². The van der Waals surface area contributed by atoms with E-state index in [2.05, 4.69) is 31.5 Å². The number of rotatable bonds is 6. The Labute approximate surface area is 197 Å². The number of hydrogen-bond donors (Lipinski definition) is 2. The fourth-order valence-electron chi connectivity index (χ4n) is 4.80. The van der Waals surface area contributed by atoms with Crippen molar-refractivity contribution in [1.29, 1.82) is 0 Å². The van der Waals surface area contributed by atoms with Crippen LogP contribution in [0.4, 0.5) is 20.3 Å². The average Bonchev–Trinajstić information content (AvgIpc) is 2.80. The summed E-state index contributed by atoms with van der Waals surface area (Å²) in [6.45, 7) is 7.40. The number of aliphatic hydroxyl groups is 1. The molecule has 0 radical (unpaired) electrons. The predicted octanol–water partition coefficient (Wildman–Crippen LogP) is 4.35. The van der Waals surface area contributed by atoms with Gasteiger partial charge >= 0.3 is 5.92 Å². The smallest absolute Gasteiger partial charge is 0.300 e. The molecule has 2 bridgehead atoms. The predicted molar refractivity (Wildman–Crippen MR) is 126 cm³/mol. The first-order valence-electron chi connectivity index (χ1n) is 11.5. The van der Waals surface area contributed by atoms with Gasteiger partial charge in [0, 0.05) is 10.9 Å². The monoisotopic (exact) mass is 469 g/mol. The Kier molecular flexibility index (Phi) is 5.44. The van der Waals surface area contributed by atoms with Crippen LogP contribution in [0.3, 0.4) is 0 Å². The summed E-state index contributed by atoms with van der Waals surface area (Å²) < 4.78 is 35.1. The Balaban J connectivity index is 1.46. The van der Waals surface area contributed by atoms with Crippen molar-refractivity contribution in [2.24, 2.45) is 0 Å². The molecule has 0 saturated carbocycles. The number of aromatic nitrogens is 3. The third kappa shape index (κ3) is 3.76. The zero-order valence-corrected chi connectivity index (χ0v) is 19.7. The number of nitrogens with one attached hydrogen (secondary N) is 1. The molecule has 7 nitrogen and oxygen atoms in total. The number of aryl methyl sites for hydroxylation is 1. The maximum absolute atomic E-state index is 14.7. The van der Waals surface area contributed by atoms with Crippen molar-refractivity contribution in [2.45, 2.75) is 63.8 Å². The number of ether oxygens (including phenoxy) is 1. The summed E-state index contributed by atoms with van der Waals surface area (Å²) in [6, 6.07) is 8.57. The van der Waals surface area contributed by atoms with E-state index in [4.69, 9.17) is 4.74 Å². The summed E-state index contributed by atoms with van der Waals surface area (Å²) in [4.78, 5) is 7.02. The lowest BCUT2D eigenvalue weighted by molar-refractivity contribution is -0.168. The van der Waals surface area contributed by atoms with Crippen LogP contribution in [-0.4, -0.2) is 51.2 Å². The zero-order chi connectivity index (χ0) is 24.3. The molecule has 4 heterocycles. The second kappa shape index (κ2) is 8.09. The van der Waals surface area contributed by atoms with E-state index in [1.807, 2.05) is 20.0 Å². The molecule has 180 valence electrons. The van der Waals surface area contributed by atoms with Crippen molar-refractivity contribution in [2.75, 3.05) is 23.4 Å². The molecule has 2 unspecified atom stereocenters. The van der Waals surface area contributed by atoms with Crippen molar-refractivity contribution in [3.63, 3.8) is 0 Å². The first-order valence-corrected chi connectivity index (χ1v) is 11.5.